The number of hydrogen-bond acceptors (Lipinski definition) is 4. The number of hydrogen-bond donors (Lipinski definition) is 1. The molecule has 0 atom stereocenters. The van der Waals surface area contributed by atoms with Gasteiger partial charge in [0.25, 0.3) is 0 Å². The fourth-order valence-corrected chi connectivity index (χ4v) is 3.21. The van der Waals surface area contributed by atoms with Crippen LogP contribution in [0.25, 0.3) is 11.9 Å². The van der Waals surface area contributed by atoms with Gasteiger partial charge in [0.15, 0.2) is 11.6 Å². The molecule has 0 spiro atoms. The zero-order chi connectivity index (χ0) is 17.2. The average molecular weight is 331 g/mol. The van der Waals surface area contributed by atoms with Gasteiger partial charge in [0.05, 0.1) is 0 Å². The van der Waals surface area contributed by atoms with Crippen LogP contribution in [0, 0.1) is 11.3 Å². The van der Waals surface area contributed by atoms with Crippen molar-refractivity contribution in [3.8, 4) is 11.9 Å². The van der Waals surface area contributed by atoms with Gasteiger partial charge in [-0.15, -0.1) is 0 Å². The molecule has 0 bridgehead atoms. The third-order valence-corrected chi connectivity index (χ3v) is 4.46. The Hall–Kier alpha value is -3.40. The Morgan fingerprint density at radius 1 is 1.32 bits per heavy atom. The van der Waals surface area contributed by atoms with Gasteiger partial charge in [-0.2, -0.15) is 10.4 Å². The first-order valence-corrected chi connectivity index (χ1v) is 8.19. The van der Waals surface area contributed by atoms with E-state index in [1.54, 1.807) is 29.4 Å². The number of H-pyrrole nitrogens is 1. The highest BCUT2D eigenvalue weighted by Crippen LogP contribution is 2.28. The van der Waals surface area contributed by atoms with E-state index in [2.05, 4.69) is 38.9 Å². The minimum atomic E-state index is 0.430. The molecule has 0 aliphatic heterocycles. The number of aromatic amines is 1. The normalized spacial score (nSPS) is 13.7. The van der Waals surface area contributed by atoms with Crippen LogP contribution < -0.4 is 0 Å². The molecule has 1 N–H and O–H groups in total. The lowest BCUT2D eigenvalue weighted by Crippen LogP contribution is -2.07. The van der Waals surface area contributed by atoms with Crippen molar-refractivity contribution in [3.05, 3.63) is 53.9 Å². The van der Waals surface area contributed by atoms with Crippen LogP contribution in [-0.2, 0) is 12.8 Å². The second-order valence-corrected chi connectivity index (χ2v) is 5.89. The lowest BCUT2D eigenvalue weighted by atomic mass is 9.98. The Labute approximate surface area is 145 Å². The first-order chi connectivity index (χ1) is 12.3. The summed E-state index contributed by atoms with van der Waals surface area (Å²) in [6.07, 6.45) is 13.1. The summed E-state index contributed by atoms with van der Waals surface area (Å²) in [5, 5.41) is 16.8. The zero-order valence-electron chi connectivity index (χ0n) is 13.7. The fraction of sp³-hybridized carbons (Fsp3) is 0.222. The lowest BCUT2D eigenvalue weighted by molar-refractivity contribution is 0.660. The fourth-order valence-electron chi connectivity index (χ4n) is 3.21. The van der Waals surface area contributed by atoms with Crippen LogP contribution in [0.5, 0.6) is 0 Å². The van der Waals surface area contributed by atoms with Crippen molar-refractivity contribution < 1.29 is 0 Å². The monoisotopic (exact) mass is 331 g/mol. The number of nitriles is 1. The van der Waals surface area contributed by atoms with Crippen LogP contribution in [0.15, 0.2) is 36.2 Å². The predicted molar refractivity (Wildman–Crippen MR) is 95.1 cm³/mol. The highest BCUT2D eigenvalue weighted by molar-refractivity contribution is 5.69. The Morgan fingerprint density at radius 2 is 2.20 bits per heavy atom. The van der Waals surface area contributed by atoms with Gasteiger partial charge in [-0.3, -0.25) is 9.67 Å². The highest BCUT2D eigenvalue weighted by atomic mass is 15.3. The number of aromatic nitrogens is 5. The Bertz CT molecular complexity index is 993. The molecule has 0 aromatic carbocycles. The molecule has 0 radical (unpaired) electrons. The van der Waals surface area contributed by atoms with E-state index in [4.69, 9.17) is 0 Å². The standard InChI is InChI=1S/C18H17N7/c1-2-16-20-8-10-24(16)12-21-17-14(11-19)18(23-22-17)25-9-7-13-5-3-4-6-15(13)25/h2,7-10,12H,1,3-6H2,(H,22,23)/b21-12+. The molecule has 0 saturated heterocycles. The quantitative estimate of drug-likeness (QED) is 0.589. The highest BCUT2D eigenvalue weighted by Gasteiger charge is 2.20. The Morgan fingerprint density at radius 3 is 3.04 bits per heavy atom. The average Bonchev–Trinajstić information content (AvgIpc) is 3.36. The number of nitrogens with zero attached hydrogens (tertiary/aromatic N) is 6. The summed E-state index contributed by atoms with van der Waals surface area (Å²) in [6.45, 7) is 3.71. The second-order valence-electron chi connectivity index (χ2n) is 5.89. The summed E-state index contributed by atoms with van der Waals surface area (Å²) in [6, 6.07) is 4.34. The molecular weight excluding hydrogens is 314 g/mol. The summed E-state index contributed by atoms with van der Waals surface area (Å²) in [7, 11) is 0. The summed E-state index contributed by atoms with van der Waals surface area (Å²) >= 11 is 0. The summed E-state index contributed by atoms with van der Waals surface area (Å²) < 4.78 is 3.74. The molecular formula is C18H17N7. The molecule has 0 fully saturated rings. The van der Waals surface area contributed by atoms with Gasteiger partial charge in [0, 0.05) is 24.3 Å². The van der Waals surface area contributed by atoms with E-state index in [0.29, 0.717) is 23.0 Å². The van der Waals surface area contributed by atoms with Gasteiger partial charge < -0.3 is 4.57 Å². The van der Waals surface area contributed by atoms with Crippen LogP contribution in [0.3, 0.4) is 0 Å². The summed E-state index contributed by atoms with van der Waals surface area (Å²) in [4.78, 5) is 8.51. The van der Waals surface area contributed by atoms with Crippen LogP contribution in [0.1, 0.15) is 35.5 Å². The molecule has 1 aliphatic carbocycles. The topological polar surface area (TPSA) is 87.6 Å². The van der Waals surface area contributed by atoms with E-state index in [1.165, 1.54) is 24.1 Å². The van der Waals surface area contributed by atoms with Crippen LogP contribution >= 0.6 is 0 Å². The summed E-state index contributed by atoms with van der Waals surface area (Å²) in [5.41, 5.74) is 3.02. The van der Waals surface area contributed by atoms with Gasteiger partial charge in [0.1, 0.15) is 23.8 Å². The Balaban J connectivity index is 1.72. The van der Waals surface area contributed by atoms with E-state index in [9.17, 15) is 5.26 Å². The van der Waals surface area contributed by atoms with Crippen molar-refractivity contribution in [2.24, 2.45) is 4.99 Å². The van der Waals surface area contributed by atoms with Crippen LogP contribution in [0.4, 0.5) is 5.82 Å². The first kappa shape index (κ1) is 15.1. The molecule has 1 aliphatic rings. The van der Waals surface area contributed by atoms with Gasteiger partial charge in [-0.05, 0) is 43.4 Å². The molecule has 7 heteroatoms. The van der Waals surface area contributed by atoms with E-state index in [0.717, 1.165) is 12.8 Å². The summed E-state index contributed by atoms with van der Waals surface area (Å²) in [5.74, 6) is 1.72. The molecule has 0 amide bonds. The third kappa shape index (κ3) is 2.58. The molecule has 4 rings (SSSR count). The molecule has 0 unspecified atom stereocenters. The first-order valence-electron chi connectivity index (χ1n) is 8.19. The second kappa shape index (κ2) is 6.24. The SMILES string of the molecule is C=Cc1nccn1/C=N/c1[nH]nc(-n2ccc3c2CCCC3)c1C#N. The number of aliphatic imine (C=N–C) groups is 1. The van der Waals surface area contributed by atoms with Crippen molar-refractivity contribution in [1.82, 2.24) is 24.3 Å². The Kier molecular flexibility index (Phi) is 3.78. The number of fused-ring (bicyclic) bond motifs is 1. The maximum absolute atomic E-state index is 9.62. The van der Waals surface area contributed by atoms with E-state index >= 15 is 0 Å². The number of aryl methyl sites for hydroxylation is 1. The number of rotatable bonds is 4. The molecule has 25 heavy (non-hydrogen) atoms. The van der Waals surface area contributed by atoms with Gasteiger partial charge >= 0.3 is 0 Å². The van der Waals surface area contributed by atoms with Crippen molar-refractivity contribution in [3.63, 3.8) is 0 Å². The number of imidazole rings is 1. The van der Waals surface area contributed by atoms with Gasteiger partial charge in [0.2, 0.25) is 0 Å². The molecule has 7 nitrogen and oxygen atoms in total. The largest absolute Gasteiger partial charge is 0.303 e. The predicted octanol–water partition coefficient (Wildman–Crippen LogP) is 3.00. The van der Waals surface area contributed by atoms with Crippen LogP contribution in [0.2, 0.25) is 0 Å². The lowest BCUT2D eigenvalue weighted by Gasteiger charge is -2.14. The van der Waals surface area contributed by atoms with E-state index in [1.807, 2.05) is 10.8 Å². The van der Waals surface area contributed by atoms with Crippen molar-refractivity contribution in [2.75, 3.05) is 0 Å². The van der Waals surface area contributed by atoms with Gasteiger partial charge in [-0.25, -0.2) is 9.98 Å². The minimum absolute atomic E-state index is 0.430. The molecule has 0 saturated carbocycles. The van der Waals surface area contributed by atoms with Crippen molar-refractivity contribution in [1.29, 1.82) is 5.26 Å². The van der Waals surface area contributed by atoms with Crippen LogP contribution in [-0.4, -0.2) is 30.7 Å². The smallest absolute Gasteiger partial charge is 0.179 e. The maximum atomic E-state index is 9.62. The third-order valence-electron chi connectivity index (χ3n) is 4.46. The molecule has 124 valence electrons. The zero-order valence-corrected chi connectivity index (χ0v) is 13.7. The van der Waals surface area contributed by atoms with Crippen molar-refractivity contribution >= 4 is 18.2 Å². The molecule has 3 aromatic heterocycles. The maximum Gasteiger partial charge on any atom is 0.179 e. The van der Waals surface area contributed by atoms with E-state index < -0.39 is 0 Å². The minimum Gasteiger partial charge on any atom is -0.303 e. The van der Waals surface area contributed by atoms with E-state index in [-0.39, 0.29) is 0 Å². The van der Waals surface area contributed by atoms with Crippen molar-refractivity contribution in [2.45, 2.75) is 25.7 Å². The van der Waals surface area contributed by atoms with Gasteiger partial charge in [-0.1, -0.05) is 6.58 Å². The molecule has 3 aromatic rings. The molecule has 3 heterocycles. The number of nitrogens with one attached hydrogen (secondary N) is 1.